The van der Waals surface area contributed by atoms with E-state index in [1.54, 1.807) is 0 Å². The van der Waals surface area contributed by atoms with Crippen LogP contribution in [-0.4, -0.2) is 0 Å². The molecule has 10 aromatic rings. The first-order valence-corrected chi connectivity index (χ1v) is 14.3. The number of fused-ring (bicyclic) bond motifs is 6. The Bertz CT molecular complexity index is 2520. The molecule has 0 aliphatic carbocycles. The highest BCUT2D eigenvalue weighted by molar-refractivity contribution is 6.47. The molecule has 1 nitrogen and oxygen atoms in total. The summed E-state index contributed by atoms with van der Waals surface area (Å²) in [6, 6.07) is 51.4. The summed E-state index contributed by atoms with van der Waals surface area (Å²) in [6.07, 6.45) is 0. The van der Waals surface area contributed by atoms with E-state index < -0.39 is 0 Å². The van der Waals surface area contributed by atoms with Gasteiger partial charge in [-0.15, -0.1) is 0 Å². The molecule has 0 heterocycles. The summed E-state index contributed by atoms with van der Waals surface area (Å²) in [5.41, 5.74) is 3.48. The Morgan fingerprint density at radius 1 is 0.268 bits per heavy atom. The number of hydrogen-bond donors (Lipinski definition) is 0. The van der Waals surface area contributed by atoms with E-state index in [2.05, 4.69) is 144 Å². The van der Waals surface area contributed by atoms with Crippen molar-refractivity contribution >= 4 is 92.5 Å². The Morgan fingerprint density at radius 2 is 0.780 bits per heavy atom. The third kappa shape index (κ3) is 2.70. The highest BCUT2D eigenvalue weighted by atomic mass is 15.1. The summed E-state index contributed by atoms with van der Waals surface area (Å²) in [7, 11) is 0. The van der Waals surface area contributed by atoms with Gasteiger partial charge in [0.2, 0.25) is 0 Å². The third-order valence-electron chi connectivity index (χ3n) is 9.22. The van der Waals surface area contributed by atoms with Gasteiger partial charge in [0, 0.05) is 17.1 Å². The summed E-state index contributed by atoms with van der Waals surface area (Å²) in [6.45, 7) is 0. The Morgan fingerprint density at radius 3 is 1.39 bits per heavy atom. The number of benzene rings is 8. The van der Waals surface area contributed by atoms with E-state index in [0.717, 1.165) is 11.4 Å². The summed E-state index contributed by atoms with van der Waals surface area (Å²) in [4.78, 5) is 2.36. The van der Waals surface area contributed by atoms with Crippen molar-refractivity contribution in [2.75, 3.05) is 4.90 Å². The number of hydrogen-bond acceptors (Lipinski definition) is 1. The average molecular weight is 518 g/mol. The molecule has 0 aliphatic heterocycles. The number of anilines is 3. The third-order valence-corrected chi connectivity index (χ3v) is 9.22. The van der Waals surface area contributed by atoms with Gasteiger partial charge < -0.3 is 4.90 Å². The molecule has 0 aromatic heterocycles. The zero-order valence-electron chi connectivity index (χ0n) is 22.2. The monoisotopic (exact) mass is 517 g/mol. The first kappa shape index (κ1) is 21.4. The van der Waals surface area contributed by atoms with E-state index >= 15 is 0 Å². The predicted molar refractivity (Wildman–Crippen MR) is 177 cm³/mol. The topological polar surface area (TPSA) is 3.24 Å². The molecule has 0 amide bonds. The molecule has 0 fully saturated rings. The van der Waals surface area contributed by atoms with Crippen LogP contribution in [0.1, 0.15) is 0 Å². The van der Waals surface area contributed by atoms with E-state index in [1.807, 2.05) is 0 Å². The number of para-hydroxylation sites is 2. The van der Waals surface area contributed by atoms with Crippen LogP contribution in [0.5, 0.6) is 0 Å². The SMILES string of the molecule is c1ccc(N(c2ccccc2)c2ccc3c(c2)c2cc4cccc5cc6c7ccccc7c7cc3c2c(c54)c67)cc1. The van der Waals surface area contributed by atoms with Crippen molar-refractivity contribution in [3.05, 3.63) is 140 Å². The molecule has 0 saturated carbocycles. The largest absolute Gasteiger partial charge is 0.310 e. The van der Waals surface area contributed by atoms with Crippen molar-refractivity contribution < 1.29 is 0 Å². The van der Waals surface area contributed by atoms with E-state index in [4.69, 9.17) is 0 Å². The van der Waals surface area contributed by atoms with Gasteiger partial charge in [0.1, 0.15) is 0 Å². The van der Waals surface area contributed by atoms with Gasteiger partial charge in [0.15, 0.2) is 0 Å². The lowest BCUT2D eigenvalue weighted by atomic mass is 9.90. The van der Waals surface area contributed by atoms with Crippen molar-refractivity contribution in [1.82, 2.24) is 0 Å². The molecule has 188 valence electrons. The lowest BCUT2D eigenvalue weighted by Gasteiger charge is -2.25. The van der Waals surface area contributed by atoms with Crippen molar-refractivity contribution in [1.29, 1.82) is 0 Å². The van der Waals surface area contributed by atoms with Crippen LogP contribution in [0, 0.1) is 0 Å². The summed E-state index contributed by atoms with van der Waals surface area (Å²) < 4.78 is 0. The standard InChI is InChI=1S/C40H23N/c1-3-12-26(13-4-1)41(27-14-5-2-6-15-27)28-18-19-31-32(22-28)34-21-25-11-9-10-24-20-33-29-16-7-8-17-30(29)35-23-36(31)39(34)40(37(24)25)38(33)35/h1-23H. The fourth-order valence-electron chi connectivity index (χ4n) is 7.60. The molecular formula is C40H23N. The lowest BCUT2D eigenvalue weighted by molar-refractivity contribution is 1.29. The van der Waals surface area contributed by atoms with Crippen LogP contribution in [-0.2, 0) is 0 Å². The van der Waals surface area contributed by atoms with Gasteiger partial charge in [-0.3, -0.25) is 0 Å². The fourth-order valence-corrected chi connectivity index (χ4v) is 7.60. The number of nitrogens with zero attached hydrogens (tertiary/aromatic N) is 1. The first-order valence-electron chi connectivity index (χ1n) is 14.3. The zero-order chi connectivity index (χ0) is 26.7. The van der Waals surface area contributed by atoms with Gasteiger partial charge in [-0.2, -0.15) is 0 Å². The van der Waals surface area contributed by atoms with Crippen LogP contribution in [0.25, 0.3) is 75.4 Å². The average Bonchev–Trinajstić information content (AvgIpc) is 3.52. The van der Waals surface area contributed by atoms with E-state index in [1.165, 1.54) is 81.1 Å². The van der Waals surface area contributed by atoms with Crippen molar-refractivity contribution in [3.8, 4) is 0 Å². The second-order valence-corrected chi connectivity index (χ2v) is 11.3. The Balaban J connectivity index is 1.38. The maximum atomic E-state index is 2.47. The first-order chi connectivity index (χ1) is 20.3. The smallest absolute Gasteiger partial charge is 0.0468 e. The van der Waals surface area contributed by atoms with Crippen LogP contribution in [0.4, 0.5) is 17.1 Å². The maximum absolute atomic E-state index is 2.47. The van der Waals surface area contributed by atoms with Gasteiger partial charge in [-0.1, -0.05) is 84.9 Å². The minimum atomic E-state index is 1.15. The number of rotatable bonds is 3. The van der Waals surface area contributed by atoms with Crippen molar-refractivity contribution in [2.45, 2.75) is 0 Å². The minimum Gasteiger partial charge on any atom is -0.310 e. The Labute approximate surface area is 236 Å². The Kier molecular flexibility index (Phi) is 3.98. The normalized spacial score (nSPS) is 12.4. The van der Waals surface area contributed by atoms with Gasteiger partial charge in [0.25, 0.3) is 0 Å². The van der Waals surface area contributed by atoms with Crippen LogP contribution in [0.15, 0.2) is 140 Å². The lowest BCUT2D eigenvalue weighted by Crippen LogP contribution is -2.09. The molecule has 0 N–H and O–H groups in total. The second-order valence-electron chi connectivity index (χ2n) is 11.3. The molecule has 41 heavy (non-hydrogen) atoms. The van der Waals surface area contributed by atoms with E-state index in [9.17, 15) is 0 Å². The molecule has 1 heteroatoms. The molecule has 0 saturated heterocycles. The van der Waals surface area contributed by atoms with Crippen molar-refractivity contribution in [2.24, 2.45) is 0 Å². The maximum Gasteiger partial charge on any atom is 0.0468 e. The van der Waals surface area contributed by atoms with Crippen LogP contribution >= 0.6 is 0 Å². The molecule has 0 aliphatic rings. The fraction of sp³-hybridized carbons (Fsp3) is 0. The van der Waals surface area contributed by atoms with Gasteiger partial charge in [0.05, 0.1) is 0 Å². The van der Waals surface area contributed by atoms with Crippen molar-refractivity contribution in [3.63, 3.8) is 0 Å². The van der Waals surface area contributed by atoms with Crippen LogP contribution in [0.3, 0.4) is 0 Å². The molecule has 0 unspecified atom stereocenters. The van der Waals surface area contributed by atoms with E-state index in [-0.39, 0.29) is 0 Å². The van der Waals surface area contributed by atoms with Gasteiger partial charge >= 0.3 is 0 Å². The highest BCUT2D eigenvalue weighted by Crippen LogP contribution is 2.52. The summed E-state index contributed by atoms with van der Waals surface area (Å²) in [5.74, 6) is 0. The second kappa shape index (κ2) is 7.62. The predicted octanol–water partition coefficient (Wildman–Crippen LogP) is 11.5. The minimum absolute atomic E-state index is 1.15. The highest BCUT2D eigenvalue weighted by Gasteiger charge is 2.23. The molecule has 0 radical (unpaired) electrons. The van der Waals surface area contributed by atoms with Crippen LogP contribution < -0.4 is 4.90 Å². The van der Waals surface area contributed by atoms with E-state index in [0.29, 0.717) is 0 Å². The molecular weight excluding hydrogens is 494 g/mol. The molecule has 0 spiro atoms. The molecule has 0 atom stereocenters. The van der Waals surface area contributed by atoms with Crippen LogP contribution in [0.2, 0.25) is 0 Å². The molecule has 0 bridgehead atoms. The summed E-state index contributed by atoms with van der Waals surface area (Å²) in [5, 5.41) is 19.1. The quantitative estimate of drug-likeness (QED) is 0.211. The zero-order valence-corrected chi connectivity index (χ0v) is 22.2. The Hall–Kier alpha value is -5.40. The molecule has 10 aromatic carbocycles. The van der Waals surface area contributed by atoms with Gasteiger partial charge in [-0.25, -0.2) is 0 Å². The summed E-state index contributed by atoms with van der Waals surface area (Å²) >= 11 is 0. The van der Waals surface area contributed by atoms with Gasteiger partial charge in [-0.05, 0) is 130 Å². The molecule has 10 rings (SSSR count).